The summed E-state index contributed by atoms with van der Waals surface area (Å²) in [7, 11) is 0. The molecule has 0 saturated carbocycles. The van der Waals surface area contributed by atoms with Crippen LogP contribution in [0.1, 0.15) is 17.4 Å². The highest BCUT2D eigenvalue weighted by Gasteiger charge is 2.23. The van der Waals surface area contributed by atoms with E-state index in [2.05, 4.69) is 4.98 Å². The van der Waals surface area contributed by atoms with Gasteiger partial charge in [-0.3, -0.25) is 4.98 Å². The van der Waals surface area contributed by atoms with E-state index in [1.165, 1.54) is 6.07 Å². The van der Waals surface area contributed by atoms with Crippen molar-refractivity contribution >= 4 is 11.6 Å². The van der Waals surface area contributed by atoms with E-state index in [1.807, 2.05) is 22.9 Å². The zero-order valence-corrected chi connectivity index (χ0v) is 15.0. The van der Waals surface area contributed by atoms with E-state index >= 15 is 0 Å². The molecule has 0 spiro atoms. The summed E-state index contributed by atoms with van der Waals surface area (Å²) in [6.07, 6.45) is 4.07. The van der Waals surface area contributed by atoms with Gasteiger partial charge in [-0.15, -0.1) is 0 Å². The maximum absolute atomic E-state index is 14.5. The number of aliphatic hydroxyl groups is 1. The lowest BCUT2D eigenvalue weighted by molar-refractivity contribution is 0.213. The summed E-state index contributed by atoms with van der Waals surface area (Å²) in [6, 6.07) is 19.2. The molecule has 0 fully saturated rings. The molecule has 0 radical (unpaired) electrons. The number of aromatic nitrogens is 2. The molecule has 2 aromatic heterocycles. The monoisotopic (exact) mass is 378 g/mol. The molecule has 3 nitrogen and oxygen atoms in total. The van der Waals surface area contributed by atoms with Crippen LogP contribution in [-0.4, -0.2) is 14.7 Å². The third kappa shape index (κ3) is 3.37. The maximum atomic E-state index is 14.5. The van der Waals surface area contributed by atoms with Gasteiger partial charge in [-0.2, -0.15) is 0 Å². The summed E-state index contributed by atoms with van der Waals surface area (Å²) in [4.78, 5) is 4.09. The van der Waals surface area contributed by atoms with Crippen molar-refractivity contribution in [2.24, 2.45) is 0 Å². The summed E-state index contributed by atoms with van der Waals surface area (Å²) in [5.74, 6) is -0.346. The Morgan fingerprint density at radius 3 is 2.56 bits per heavy atom. The first kappa shape index (κ1) is 17.5. The Hall–Kier alpha value is -2.95. The summed E-state index contributed by atoms with van der Waals surface area (Å²) >= 11 is 6.15. The minimum Gasteiger partial charge on any atom is -0.382 e. The molecule has 0 aliphatic carbocycles. The van der Waals surface area contributed by atoms with Gasteiger partial charge in [-0.25, -0.2) is 4.39 Å². The molecule has 0 saturated heterocycles. The topological polar surface area (TPSA) is 38.1 Å². The summed E-state index contributed by atoms with van der Waals surface area (Å²) in [5, 5.41) is 11.7. The number of nitrogens with zero attached hydrogens (tertiary/aromatic N) is 2. The van der Waals surface area contributed by atoms with Crippen molar-refractivity contribution in [3.8, 4) is 16.8 Å². The molecule has 27 heavy (non-hydrogen) atoms. The van der Waals surface area contributed by atoms with E-state index < -0.39 is 6.10 Å². The van der Waals surface area contributed by atoms with Crippen molar-refractivity contribution < 1.29 is 9.50 Å². The van der Waals surface area contributed by atoms with Gasteiger partial charge in [0.25, 0.3) is 0 Å². The molecule has 4 rings (SSSR count). The van der Waals surface area contributed by atoms with Gasteiger partial charge in [0.15, 0.2) is 0 Å². The van der Waals surface area contributed by atoms with Crippen molar-refractivity contribution in [3.63, 3.8) is 0 Å². The average Bonchev–Trinajstić information content (AvgIpc) is 3.13. The van der Waals surface area contributed by atoms with Crippen molar-refractivity contribution in [2.45, 2.75) is 6.10 Å². The number of benzene rings is 2. The fraction of sp³-hybridized carbons (Fsp3) is 0.0455. The van der Waals surface area contributed by atoms with E-state index in [9.17, 15) is 9.50 Å². The standard InChI is InChI=1S/C22H16ClFN2O/c23-16-6-3-7-17(13-16)26-12-10-19(18-8-1-2-9-20(18)24)21(26)22(27)15-5-4-11-25-14-15/h1-14,22,27H. The van der Waals surface area contributed by atoms with Crippen molar-refractivity contribution in [3.05, 3.63) is 107 Å². The number of rotatable bonds is 4. The number of pyridine rings is 1. The zero-order valence-electron chi connectivity index (χ0n) is 14.3. The Kier molecular flexibility index (Phi) is 4.75. The van der Waals surface area contributed by atoms with Crippen LogP contribution >= 0.6 is 11.6 Å². The molecular formula is C22H16ClFN2O. The first-order valence-electron chi connectivity index (χ1n) is 8.45. The zero-order chi connectivity index (χ0) is 18.8. The predicted molar refractivity (Wildman–Crippen MR) is 104 cm³/mol. The van der Waals surface area contributed by atoms with Crippen LogP contribution < -0.4 is 0 Å². The van der Waals surface area contributed by atoms with Crippen molar-refractivity contribution in [2.75, 3.05) is 0 Å². The highest BCUT2D eigenvalue weighted by molar-refractivity contribution is 6.30. The fourth-order valence-corrected chi connectivity index (χ4v) is 3.36. The van der Waals surface area contributed by atoms with E-state index in [-0.39, 0.29) is 5.82 Å². The summed E-state index contributed by atoms with van der Waals surface area (Å²) in [5.41, 5.74) is 3.00. The van der Waals surface area contributed by atoms with Crippen LogP contribution in [0.15, 0.2) is 85.3 Å². The molecule has 2 aromatic carbocycles. The van der Waals surface area contributed by atoms with Gasteiger partial charge < -0.3 is 9.67 Å². The molecule has 0 bridgehead atoms. The van der Waals surface area contributed by atoms with Crippen LogP contribution in [0.3, 0.4) is 0 Å². The number of halogens is 2. The first-order chi connectivity index (χ1) is 13.1. The molecule has 4 aromatic rings. The van der Waals surface area contributed by atoms with Crippen LogP contribution in [-0.2, 0) is 0 Å². The molecule has 1 atom stereocenters. The number of hydrogen-bond acceptors (Lipinski definition) is 2. The van der Waals surface area contributed by atoms with Crippen LogP contribution in [0, 0.1) is 5.82 Å². The smallest absolute Gasteiger partial charge is 0.131 e. The second-order valence-electron chi connectivity index (χ2n) is 6.13. The molecule has 0 amide bonds. The second kappa shape index (κ2) is 7.35. The number of aliphatic hydroxyl groups excluding tert-OH is 1. The molecule has 134 valence electrons. The van der Waals surface area contributed by atoms with E-state index in [0.717, 1.165) is 5.69 Å². The summed E-state index contributed by atoms with van der Waals surface area (Å²) < 4.78 is 16.3. The average molecular weight is 379 g/mol. The van der Waals surface area contributed by atoms with Gasteiger partial charge in [-0.05, 0) is 36.4 Å². The first-order valence-corrected chi connectivity index (χ1v) is 8.83. The van der Waals surface area contributed by atoms with Crippen LogP contribution in [0.25, 0.3) is 16.8 Å². The Labute approximate surface area is 161 Å². The lowest BCUT2D eigenvalue weighted by Gasteiger charge is -2.18. The molecule has 0 aliphatic rings. The Morgan fingerprint density at radius 2 is 1.81 bits per heavy atom. The van der Waals surface area contributed by atoms with E-state index in [1.54, 1.807) is 60.9 Å². The van der Waals surface area contributed by atoms with Gasteiger partial charge in [0.05, 0.1) is 5.69 Å². The minimum absolute atomic E-state index is 0.346. The third-order valence-electron chi connectivity index (χ3n) is 4.44. The highest BCUT2D eigenvalue weighted by atomic mass is 35.5. The number of hydrogen-bond donors (Lipinski definition) is 1. The molecule has 5 heteroatoms. The van der Waals surface area contributed by atoms with Crippen LogP contribution in [0.5, 0.6) is 0 Å². The van der Waals surface area contributed by atoms with Gasteiger partial charge in [0.2, 0.25) is 0 Å². The normalized spacial score (nSPS) is 12.1. The molecule has 2 heterocycles. The minimum atomic E-state index is -0.984. The predicted octanol–water partition coefficient (Wildman–Crippen LogP) is 5.41. The lowest BCUT2D eigenvalue weighted by Crippen LogP contribution is -2.09. The summed E-state index contributed by atoms with van der Waals surface area (Å²) in [6.45, 7) is 0. The SMILES string of the molecule is OC(c1cccnc1)c1c(-c2ccccc2F)ccn1-c1cccc(Cl)c1. The van der Waals surface area contributed by atoms with Gasteiger partial charge in [0.1, 0.15) is 11.9 Å². The Bertz CT molecular complexity index is 1080. The van der Waals surface area contributed by atoms with Crippen molar-refractivity contribution in [1.82, 2.24) is 9.55 Å². The Balaban J connectivity index is 1.95. The lowest BCUT2D eigenvalue weighted by atomic mass is 9.99. The van der Waals surface area contributed by atoms with Crippen LogP contribution in [0.2, 0.25) is 5.02 Å². The quantitative estimate of drug-likeness (QED) is 0.515. The van der Waals surface area contributed by atoms with Gasteiger partial charge >= 0.3 is 0 Å². The van der Waals surface area contributed by atoms with Crippen molar-refractivity contribution in [1.29, 1.82) is 0 Å². The fourth-order valence-electron chi connectivity index (χ4n) is 3.18. The molecule has 0 aliphatic heterocycles. The Morgan fingerprint density at radius 1 is 0.963 bits per heavy atom. The van der Waals surface area contributed by atoms with E-state index in [4.69, 9.17) is 11.6 Å². The van der Waals surface area contributed by atoms with E-state index in [0.29, 0.717) is 27.4 Å². The maximum Gasteiger partial charge on any atom is 0.131 e. The largest absolute Gasteiger partial charge is 0.382 e. The van der Waals surface area contributed by atoms with Gasteiger partial charge in [-0.1, -0.05) is 41.9 Å². The molecule has 1 N–H and O–H groups in total. The van der Waals surface area contributed by atoms with Gasteiger partial charge in [0, 0.05) is 46.0 Å². The highest BCUT2D eigenvalue weighted by Crippen LogP contribution is 2.36. The third-order valence-corrected chi connectivity index (χ3v) is 4.67. The molecule has 1 unspecified atom stereocenters. The van der Waals surface area contributed by atoms with Crippen LogP contribution in [0.4, 0.5) is 4.39 Å². The molecular weight excluding hydrogens is 363 g/mol. The second-order valence-corrected chi connectivity index (χ2v) is 6.57.